The Morgan fingerprint density at radius 2 is 2.17 bits per heavy atom. The van der Waals surface area contributed by atoms with Gasteiger partial charge in [0.15, 0.2) is 0 Å². The summed E-state index contributed by atoms with van der Waals surface area (Å²) in [5.41, 5.74) is 2.03. The third-order valence-electron chi connectivity index (χ3n) is 4.41. The molecule has 1 aliphatic heterocycles. The summed E-state index contributed by atoms with van der Waals surface area (Å²) in [7, 11) is 0. The number of carbonyl (C=O) groups excluding carboxylic acids is 2. The lowest BCUT2D eigenvalue weighted by molar-refractivity contribution is -0.121. The van der Waals surface area contributed by atoms with Crippen molar-refractivity contribution in [3.8, 4) is 0 Å². The second kappa shape index (κ2) is 7.62. The smallest absolute Gasteiger partial charge is 0.263 e. The minimum Gasteiger partial charge on any atom is -0.337 e. The first-order chi connectivity index (χ1) is 11.7. The van der Waals surface area contributed by atoms with Gasteiger partial charge in [-0.1, -0.05) is 25.1 Å². The molecular formula is C19H22N2O2S. The van der Waals surface area contributed by atoms with Gasteiger partial charge in [0.1, 0.15) is 0 Å². The van der Waals surface area contributed by atoms with Gasteiger partial charge in [-0.05, 0) is 48.4 Å². The van der Waals surface area contributed by atoms with Gasteiger partial charge < -0.3 is 10.2 Å². The van der Waals surface area contributed by atoms with Crippen LogP contribution in [0, 0.1) is 5.92 Å². The number of carbonyl (C=O) groups is 2. The van der Waals surface area contributed by atoms with E-state index in [4.69, 9.17) is 0 Å². The average Bonchev–Trinajstić information content (AvgIpc) is 3.16. The van der Waals surface area contributed by atoms with Crippen molar-refractivity contribution in [1.29, 1.82) is 0 Å². The molecule has 2 aromatic rings. The van der Waals surface area contributed by atoms with Gasteiger partial charge in [0.2, 0.25) is 5.91 Å². The number of hydrogen-bond donors (Lipinski definition) is 1. The average molecular weight is 342 g/mol. The summed E-state index contributed by atoms with van der Waals surface area (Å²) in [6.45, 7) is 3.32. The van der Waals surface area contributed by atoms with E-state index in [1.807, 2.05) is 40.6 Å². The summed E-state index contributed by atoms with van der Waals surface area (Å²) < 4.78 is 0. The van der Waals surface area contributed by atoms with Crippen molar-refractivity contribution in [2.45, 2.75) is 26.2 Å². The number of anilines is 1. The number of benzene rings is 1. The van der Waals surface area contributed by atoms with Gasteiger partial charge in [0.25, 0.3) is 5.91 Å². The van der Waals surface area contributed by atoms with E-state index in [1.54, 1.807) is 0 Å². The van der Waals surface area contributed by atoms with Crippen LogP contribution < -0.4 is 5.32 Å². The molecule has 24 heavy (non-hydrogen) atoms. The highest BCUT2D eigenvalue weighted by atomic mass is 32.1. The first-order valence-corrected chi connectivity index (χ1v) is 9.28. The van der Waals surface area contributed by atoms with Gasteiger partial charge in [-0.15, -0.1) is 11.3 Å². The van der Waals surface area contributed by atoms with Crippen molar-refractivity contribution in [3.63, 3.8) is 0 Å². The molecular weight excluding hydrogens is 320 g/mol. The van der Waals surface area contributed by atoms with Crippen LogP contribution in [0.5, 0.6) is 0 Å². The van der Waals surface area contributed by atoms with Gasteiger partial charge >= 0.3 is 0 Å². The molecule has 1 aromatic carbocycles. The Labute approximate surface area is 146 Å². The zero-order valence-electron chi connectivity index (χ0n) is 13.8. The molecule has 1 N–H and O–H groups in total. The number of rotatable bonds is 4. The van der Waals surface area contributed by atoms with Crippen LogP contribution in [0.2, 0.25) is 0 Å². The fourth-order valence-electron chi connectivity index (χ4n) is 3.05. The molecule has 0 bridgehead atoms. The number of nitrogens with zero attached hydrogens (tertiary/aromatic N) is 1. The first-order valence-electron chi connectivity index (χ1n) is 8.40. The minimum atomic E-state index is -0.145. The zero-order chi connectivity index (χ0) is 16.9. The highest BCUT2D eigenvalue weighted by molar-refractivity contribution is 7.12. The highest BCUT2D eigenvalue weighted by Crippen LogP contribution is 2.22. The summed E-state index contributed by atoms with van der Waals surface area (Å²) in [5, 5.41) is 4.91. The lowest BCUT2D eigenvalue weighted by atomic mass is 9.96. The molecule has 1 saturated heterocycles. The Bertz CT molecular complexity index is 712. The van der Waals surface area contributed by atoms with Crippen molar-refractivity contribution in [2.24, 2.45) is 5.92 Å². The molecule has 0 radical (unpaired) electrons. The number of piperidine rings is 1. The van der Waals surface area contributed by atoms with Crippen molar-refractivity contribution in [2.75, 3.05) is 18.4 Å². The monoisotopic (exact) mass is 342 g/mol. The van der Waals surface area contributed by atoms with E-state index < -0.39 is 0 Å². The fourth-order valence-corrected chi connectivity index (χ4v) is 3.74. The molecule has 4 nitrogen and oxygen atoms in total. The van der Waals surface area contributed by atoms with Gasteiger partial charge in [-0.25, -0.2) is 0 Å². The summed E-state index contributed by atoms with van der Waals surface area (Å²) >= 11 is 1.45. The second-order valence-corrected chi connectivity index (χ2v) is 7.06. The van der Waals surface area contributed by atoms with Crippen LogP contribution >= 0.6 is 11.3 Å². The number of hydrogen-bond acceptors (Lipinski definition) is 3. The molecule has 0 saturated carbocycles. The maximum atomic E-state index is 12.6. The van der Waals surface area contributed by atoms with Crippen LogP contribution in [0.15, 0.2) is 41.8 Å². The number of nitrogens with one attached hydrogen (secondary N) is 1. The highest BCUT2D eigenvalue weighted by Gasteiger charge is 2.29. The molecule has 3 rings (SSSR count). The number of likely N-dealkylation sites (tertiary alicyclic amines) is 1. The van der Waals surface area contributed by atoms with Crippen LogP contribution in [-0.2, 0) is 11.2 Å². The molecule has 1 aromatic heterocycles. The van der Waals surface area contributed by atoms with Gasteiger partial charge in [0, 0.05) is 18.8 Å². The number of aryl methyl sites for hydroxylation is 1. The third kappa shape index (κ3) is 3.85. The van der Waals surface area contributed by atoms with Crippen LogP contribution in [-0.4, -0.2) is 29.8 Å². The van der Waals surface area contributed by atoms with E-state index in [1.165, 1.54) is 16.9 Å². The molecule has 1 unspecified atom stereocenters. The molecule has 1 fully saturated rings. The number of thiophene rings is 1. The molecule has 1 atom stereocenters. The standard InChI is InChI=1S/C19H22N2O2S/c1-2-14-6-3-8-16(12-14)20-18(22)15-7-4-10-21(13-15)19(23)17-9-5-11-24-17/h3,5-6,8-9,11-12,15H,2,4,7,10,13H2,1H3,(H,20,22). The predicted octanol–water partition coefficient (Wildman–Crippen LogP) is 3.80. The topological polar surface area (TPSA) is 49.4 Å². The Kier molecular flexibility index (Phi) is 5.30. The lowest BCUT2D eigenvalue weighted by Crippen LogP contribution is -2.43. The first kappa shape index (κ1) is 16.7. The largest absolute Gasteiger partial charge is 0.337 e. The van der Waals surface area contributed by atoms with E-state index >= 15 is 0 Å². The van der Waals surface area contributed by atoms with Crippen molar-refractivity contribution in [3.05, 3.63) is 52.2 Å². The molecule has 126 valence electrons. The summed E-state index contributed by atoms with van der Waals surface area (Å²) in [5.74, 6) is -0.102. The van der Waals surface area contributed by atoms with Crippen LogP contribution in [0.4, 0.5) is 5.69 Å². The molecule has 0 spiro atoms. The van der Waals surface area contributed by atoms with E-state index in [0.717, 1.165) is 36.4 Å². The third-order valence-corrected chi connectivity index (χ3v) is 5.27. The van der Waals surface area contributed by atoms with Crippen LogP contribution in [0.25, 0.3) is 0 Å². The van der Waals surface area contributed by atoms with Crippen LogP contribution in [0.1, 0.15) is 35.0 Å². The normalized spacial score (nSPS) is 17.5. The van der Waals surface area contributed by atoms with Gasteiger partial charge in [-0.3, -0.25) is 9.59 Å². The van der Waals surface area contributed by atoms with E-state index in [0.29, 0.717) is 6.54 Å². The fraction of sp³-hybridized carbons (Fsp3) is 0.368. The molecule has 2 heterocycles. The minimum absolute atomic E-state index is 0.00642. The second-order valence-electron chi connectivity index (χ2n) is 6.11. The maximum absolute atomic E-state index is 12.6. The Hall–Kier alpha value is -2.14. The summed E-state index contributed by atoms with van der Waals surface area (Å²) in [6, 6.07) is 11.7. The van der Waals surface area contributed by atoms with Crippen molar-refractivity contribution in [1.82, 2.24) is 4.90 Å². The van der Waals surface area contributed by atoms with Crippen molar-refractivity contribution < 1.29 is 9.59 Å². The number of amides is 2. The van der Waals surface area contributed by atoms with Crippen molar-refractivity contribution >= 4 is 28.8 Å². The summed E-state index contributed by atoms with van der Waals surface area (Å²) in [6.07, 6.45) is 2.63. The SMILES string of the molecule is CCc1cccc(NC(=O)C2CCCN(C(=O)c3cccs3)C2)c1. The van der Waals surface area contributed by atoms with Gasteiger partial charge in [-0.2, -0.15) is 0 Å². The van der Waals surface area contributed by atoms with E-state index in [-0.39, 0.29) is 17.7 Å². The Morgan fingerprint density at radius 3 is 2.92 bits per heavy atom. The van der Waals surface area contributed by atoms with E-state index in [2.05, 4.69) is 18.3 Å². The molecule has 5 heteroatoms. The van der Waals surface area contributed by atoms with E-state index in [9.17, 15) is 9.59 Å². The molecule has 2 amide bonds. The maximum Gasteiger partial charge on any atom is 0.263 e. The Balaban J connectivity index is 1.63. The zero-order valence-corrected chi connectivity index (χ0v) is 14.6. The van der Waals surface area contributed by atoms with Gasteiger partial charge in [0.05, 0.1) is 10.8 Å². The molecule has 0 aliphatic carbocycles. The lowest BCUT2D eigenvalue weighted by Gasteiger charge is -2.31. The quantitative estimate of drug-likeness (QED) is 0.919. The van der Waals surface area contributed by atoms with Crippen LogP contribution in [0.3, 0.4) is 0 Å². The Morgan fingerprint density at radius 1 is 1.29 bits per heavy atom. The summed E-state index contributed by atoms with van der Waals surface area (Å²) in [4.78, 5) is 27.6. The predicted molar refractivity (Wildman–Crippen MR) is 97.4 cm³/mol. The molecule has 1 aliphatic rings.